The third-order valence-electron chi connectivity index (χ3n) is 3.59. The van der Waals surface area contributed by atoms with E-state index in [0.717, 1.165) is 35.5 Å². The molecule has 1 aromatic carbocycles. The van der Waals surface area contributed by atoms with E-state index in [9.17, 15) is 4.79 Å². The van der Waals surface area contributed by atoms with E-state index in [-0.39, 0.29) is 11.8 Å². The van der Waals surface area contributed by atoms with Crippen molar-refractivity contribution in [1.29, 1.82) is 0 Å². The van der Waals surface area contributed by atoms with E-state index in [0.29, 0.717) is 0 Å². The maximum absolute atomic E-state index is 12.1. The summed E-state index contributed by atoms with van der Waals surface area (Å²) in [5, 5.41) is 2.99. The lowest BCUT2D eigenvalue weighted by molar-refractivity contribution is -0.120. The van der Waals surface area contributed by atoms with Gasteiger partial charge in [-0.15, -0.1) is 0 Å². The first-order valence-electron chi connectivity index (χ1n) is 7.07. The van der Waals surface area contributed by atoms with Crippen molar-refractivity contribution in [3.63, 3.8) is 0 Å². The molecule has 0 atom stereocenters. The van der Waals surface area contributed by atoms with E-state index in [1.165, 1.54) is 0 Å². The minimum absolute atomic E-state index is 0.0748. The molecule has 2 N–H and O–H groups in total. The Balaban J connectivity index is 2.19. The van der Waals surface area contributed by atoms with Gasteiger partial charge in [-0.25, -0.2) is 4.98 Å². The molecule has 0 saturated heterocycles. The zero-order valence-electron chi connectivity index (χ0n) is 12.2. The number of nitrogens with one attached hydrogen (secondary N) is 2. The fraction of sp³-hybridized carbons (Fsp3) is 0.375. The van der Waals surface area contributed by atoms with Gasteiger partial charge in [0, 0.05) is 22.9 Å². The number of H-pyrrole nitrogens is 1. The average Bonchev–Trinajstić information content (AvgIpc) is 2.86. The van der Waals surface area contributed by atoms with Gasteiger partial charge in [-0.2, -0.15) is 0 Å². The maximum atomic E-state index is 12.1. The van der Waals surface area contributed by atoms with Crippen LogP contribution in [0.4, 0.5) is 5.69 Å². The third kappa shape index (κ3) is 3.07. The summed E-state index contributed by atoms with van der Waals surface area (Å²) < 4.78 is 0. The summed E-state index contributed by atoms with van der Waals surface area (Å²) >= 11 is 0. The van der Waals surface area contributed by atoms with Crippen LogP contribution in [0.5, 0.6) is 0 Å². The minimum Gasteiger partial charge on any atom is -0.348 e. The molecule has 4 heteroatoms. The fourth-order valence-corrected chi connectivity index (χ4v) is 2.30. The van der Waals surface area contributed by atoms with Crippen LogP contribution >= 0.6 is 0 Å². The van der Waals surface area contributed by atoms with E-state index in [4.69, 9.17) is 0 Å². The predicted molar refractivity (Wildman–Crippen MR) is 81.5 cm³/mol. The topological polar surface area (TPSA) is 57.8 Å². The third-order valence-corrected chi connectivity index (χ3v) is 3.59. The number of benzene rings is 1. The lowest BCUT2D eigenvalue weighted by Gasteiger charge is -2.13. The van der Waals surface area contributed by atoms with E-state index in [1.54, 1.807) is 6.33 Å². The largest absolute Gasteiger partial charge is 0.348 e. The number of nitrogens with zero attached hydrogens (tertiary/aromatic N) is 1. The lowest BCUT2D eigenvalue weighted by atomic mass is 10.0. The van der Waals surface area contributed by atoms with Crippen molar-refractivity contribution < 1.29 is 4.79 Å². The van der Waals surface area contributed by atoms with Gasteiger partial charge < -0.3 is 10.3 Å². The molecule has 0 bridgehead atoms. The predicted octanol–water partition coefficient (Wildman–Crippen LogP) is 3.76. The standard InChI is InChI=1S/C16H21N3O/c1-4-12(5-2)16(20)19-14-8-6-7-13(9-14)15-11(3)17-10-18-15/h6-10,12H,4-5H2,1-3H3,(H,17,18)(H,19,20). The molecule has 2 aromatic rings. The summed E-state index contributed by atoms with van der Waals surface area (Å²) in [6.07, 6.45) is 3.40. The van der Waals surface area contributed by atoms with Crippen LogP contribution in [0.25, 0.3) is 11.3 Å². The SMILES string of the molecule is CCC(CC)C(=O)Nc1cccc(-c2nc[nH]c2C)c1. The van der Waals surface area contributed by atoms with Crippen molar-refractivity contribution in [2.45, 2.75) is 33.6 Å². The number of anilines is 1. The Morgan fingerprint density at radius 3 is 2.70 bits per heavy atom. The zero-order chi connectivity index (χ0) is 14.5. The molecule has 0 saturated carbocycles. The van der Waals surface area contributed by atoms with Crippen molar-refractivity contribution in [3.05, 3.63) is 36.3 Å². The van der Waals surface area contributed by atoms with Crippen LogP contribution < -0.4 is 5.32 Å². The summed E-state index contributed by atoms with van der Waals surface area (Å²) in [5.74, 6) is 0.164. The van der Waals surface area contributed by atoms with Crippen molar-refractivity contribution in [3.8, 4) is 11.3 Å². The Morgan fingerprint density at radius 2 is 2.10 bits per heavy atom. The molecule has 0 radical (unpaired) electrons. The molecule has 1 heterocycles. The van der Waals surface area contributed by atoms with Crippen LogP contribution in [0.1, 0.15) is 32.4 Å². The summed E-state index contributed by atoms with van der Waals surface area (Å²) in [7, 11) is 0. The average molecular weight is 271 g/mol. The molecule has 0 spiro atoms. The molecule has 20 heavy (non-hydrogen) atoms. The molecule has 0 aliphatic heterocycles. The van der Waals surface area contributed by atoms with Crippen LogP contribution in [-0.4, -0.2) is 15.9 Å². The quantitative estimate of drug-likeness (QED) is 0.870. The van der Waals surface area contributed by atoms with Gasteiger partial charge in [0.25, 0.3) is 0 Å². The number of aryl methyl sites for hydroxylation is 1. The Labute approximate surface area is 119 Å². The molecule has 1 amide bonds. The van der Waals surface area contributed by atoms with Gasteiger partial charge >= 0.3 is 0 Å². The lowest BCUT2D eigenvalue weighted by Crippen LogP contribution is -2.21. The van der Waals surface area contributed by atoms with Crippen molar-refractivity contribution in [1.82, 2.24) is 9.97 Å². The number of hydrogen-bond acceptors (Lipinski definition) is 2. The molecule has 1 aromatic heterocycles. The fourth-order valence-electron chi connectivity index (χ4n) is 2.30. The molecule has 0 aliphatic rings. The highest BCUT2D eigenvalue weighted by molar-refractivity contribution is 5.93. The Bertz CT molecular complexity index is 585. The normalized spacial score (nSPS) is 10.8. The number of aromatic nitrogens is 2. The Kier molecular flexibility index (Phi) is 4.56. The second-order valence-electron chi connectivity index (χ2n) is 4.96. The first-order valence-corrected chi connectivity index (χ1v) is 7.07. The van der Waals surface area contributed by atoms with E-state index in [2.05, 4.69) is 15.3 Å². The Hall–Kier alpha value is -2.10. The van der Waals surface area contributed by atoms with Gasteiger partial charge in [-0.1, -0.05) is 26.0 Å². The first kappa shape index (κ1) is 14.3. The van der Waals surface area contributed by atoms with Crippen LogP contribution in [0.2, 0.25) is 0 Å². The number of hydrogen-bond donors (Lipinski definition) is 2. The second-order valence-corrected chi connectivity index (χ2v) is 4.96. The highest BCUT2D eigenvalue weighted by Gasteiger charge is 2.14. The summed E-state index contributed by atoms with van der Waals surface area (Å²) in [4.78, 5) is 19.5. The number of amides is 1. The maximum Gasteiger partial charge on any atom is 0.227 e. The molecular formula is C16H21N3O. The molecule has 2 rings (SSSR count). The Morgan fingerprint density at radius 1 is 1.35 bits per heavy atom. The van der Waals surface area contributed by atoms with Crippen LogP contribution in [0, 0.1) is 12.8 Å². The minimum atomic E-state index is 0.0748. The van der Waals surface area contributed by atoms with Gasteiger partial charge in [0.2, 0.25) is 5.91 Å². The van der Waals surface area contributed by atoms with E-state index >= 15 is 0 Å². The van der Waals surface area contributed by atoms with Crippen molar-refractivity contribution >= 4 is 11.6 Å². The van der Waals surface area contributed by atoms with E-state index < -0.39 is 0 Å². The van der Waals surface area contributed by atoms with Crippen LogP contribution in [-0.2, 0) is 4.79 Å². The molecule has 106 valence electrons. The van der Waals surface area contributed by atoms with Crippen molar-refractivity contribution in [2.24, 2.45) is 5.92 Å². The molecular weight excluding hydrogens is 250 g/mol. The van der Waals surface area contributed by atoms with Gasteiger partial charge in [-0.05, 0) is 31.9 Å². The first-order chi connectivity index (χ1) is 9.65. The van der Waals surface area contributed by atoms with E-state index in [1.807, 2.05) is 45.0 Å². The number of rotatable bonds is 5. The van der Waals surface area contributed by atoms with Gasteiger partial charge in [0.05, 0.1) is 12.0 Å². The summed E-state index contributed by atoms with van der Waals surface area (Å²) in [5.41, 5.74) is 3.77. The van der Waals surface area contributed by atoms with Gasteiger partial charge in [0.1, 0.15) is 0 Å². The smallest absolute Gasteiger partial charge is 0.227 e. The summed E-state index contributed by atoms with van der Waals surface area (Å²) in [6.45, 7) is 6.06. The highest BCUT2D eigenvalue weighted by Crippen LogP contribution is 2.23. The second kappa shape index (κ2) is 6.37. The van der Waals surface area contributed by atoms with Crippen LogP contribution in [0.15, 0.2) is 30.6 Å². The molecule has 0 unspecified atom stereocenters. The molecule has 0 fully saturated rings. The molecule has 0 aliphatic carbocycles. The molecule has 4 nitrogen and oxygen atoms in total. The highest BCUT2D eigenvalue weighted by atomic mass is 16.1. The van der Waals surface area contributed by atoms with Crippen LogP contribution in [0.3, 0.4) is 0 Å². The van der Waals surface area contributed by atoms with Gasteiger partial charge in [-0.3, -0.25) is 4.79 Å². The number of imidazole rings is 1. The number of carbonyl (C=O) groups excluding carboxylic acids is 1. The summed E-state index contributed by atoms with van der Waals surface area (Å²) in [6, 6.07) is 7.80. The monoisotopic (exact) mass is 271 g/mol. The zero-order valence-corrected chi connectivity index (χ0v) is 12.2. The van der Waals surface area contributed by atoms with Gasteiger partial charge in [0.15, 0.2) is 0 Å². The number of aromatic amines is 1. The number of carbonyl (C=O) groups is 1. The van der Waals surface area contributed by atoms with Crippen molar-refractivity contribution in [2.75, 3.05) is 5.32 Å².